The molecule has 2 N–H and O–H groups in total. The van der Waals surface area contributed by atoms with Crippen molar-refractivity contribution in [2.75, 3.05) is 26.6 Å². The van der Waals surface area contributed by atoms with Gasteiger partial charge in [-0.05, 0) is 17.7 Å². The second-order valence-electron chi connectivity index (χ2n) is 4.96. The van der Waals surface area contributed by atoms with E-state index in [9.17, 15) is 4.79 Å². The fraction of sp³-hybridized carbons (Fsp3) is 0.333. The zero-order valence-corrected chi connectivity index (χ0v) is 12.6. The van der Waals surface area contributed by atoms with Crippen LogP contribution < -0.4 is 19.5 Å². The average Bonchev–Trinajstić information content (AvgIpc) is 3.00. The van der Waals surface area contributed by atoms with Crippen molar-refractivity contribution in [2.24, 2.45) is 0 Å². The first-order chi connectivity index (χ1) is 10.7. The second-order valence-corrected chi connectivity index (χ2v) is 4.96. The molecule has 1 aromatic heterocycles. The van der Waals surface area contributed by atoms with Gasteiger partial charge >= 0.3 is 0 Å². The lowest BCUT2D eigenvalue weighted by Crippen LogP contribution is -2.23. The van der Waals surface area contributed by atoms with Crippen LogP contribution in [0, 0.1) is 0 Å². The Morgan fingerprint density at radius 1 is 1.14 bits per heavy atom. The molecule has 2 heterocycles. The van der Waals surface area contributed by atoms with E-state index < -0.39 is 0 Å². The van der Waals surface area contributed by atoms with Crippen LogP contribution in [0.2, 0.25) is 0 Å². The van der Waals surface area contributed by atoms with E-state index in [2.05, 4.69) is 15.5 Å². The second kappa shape index (κ2) is 5.59. The Morgan fingerprint density at radius 2 is 1.82 bits per heavy atom. The van der Waals surface area contributed by atoms with Gasteiger partial charge in [0.1, 0.15) is 5.82 Å². The summed E-state index contributed by atoms with van der Waals surface area (Å²) in [6, 6.07) is 3.72. The van der Waals surface area contributed by atoms with Gasteiger partial charge in [0, 0.05) is 17.9 Å². The normalized spacial score (nSPS) is 16.7. The van der Waals surface area contributed by atoms with Crippen LogP contribution in [0.1, 0.15) is 23.5 Å². The molecule has 0 unspecified atom stereocenters. The molecule has 1 amide bonds. The van der Waals surface area contributed by atoms with E-state index in [1.54, 1.807) is 27.5 Å². The van der Waals surface area contributed by atoms with Gasteiger partial charge < -0.3 is 19.5 Å². The molecule has 0 bridgehead atoms. The average molecular weight is 303 g/mol. The molecule has 0 fully saturated rings. The minimum absolute atomic E-state index is 0.0597. The lowest BCUT2D eigenvalue weighted by Gasteiger charge is -2.24. The molecule has 1 aromatic carbocycles. The number of aromatic amines is 1. The van der Waals surface area contributed by atoms with Crippen LogP contribution in [-0.4, -0.2) is 37.4 Å². The lowest BCUT2D eigenvalue weighted by atomic mass is 9.87. The van der Waals surface area contributed by atoms with Crippen LogP contribution in [0.5, 0.6) is 17.2 Å². The van der Waals surface area contributed by atoms with Crippen molar-refractivity contribution in [1.29, 1.82) is 0 Å². The highest BCUT2D eigenvalue weighted by Gasteiger charge is 2.29. The Morgan fingerprint density at radius 3 is 2.41 bits per heavy atom. The van der Waals surface area contributed by atoms with Crippen molar-refractivity contribution in [2.45, 2.75) is 12.3 Å². The molecule has 0 saturated carbocycles. The Hall–Kier alpha value is -2.70. The standard InChI is InChI=1S/C15H17N3O4/c1-20-11-4-8(5-12(21-2)14(11)22-3)9-6-13(19)17-15-10(9)7-16-18-15/h4-5,7,9H,6H2,1-3H3,(H2,16,17,18,19)/t9-/m0/s1. The highest BCUT2D eigenvalue weighted by atomic mass is 16.5. The number of fused-ring (bicyclic) bond motifs is 1. The number of aromatic nitrogens is 2. The summed E-state index contributed by atoms with van der Waals surface area (Å²) in [7, 11) is 4.69. The first-order valence-electron chi connectivity index (χ1n) is 6.81. The number of carbonyl (C=O) groups excluding carboxylic acids is 1. The minimum Gasteiger partial charge on any atom is -0.493 e. The summed E-state index contributed by atoms with van der Waals surface area (Å²) in [5.74, 6) is 2.11. The van der Waals surface area contributed by atoms with Gasteiger partial charge in [0.05, 0.1) is 27.5 Å². The van der Waals surface area contributed by atoms with E-state index in [1.807, 2.05) is 12.1 Å². The van der Waals surface area contributed by atoms with Gasteiger partial charge in [0.2, 0.25) is 11.7 Å². The molecular weight excluding hydrogens is 286 g/mol. The van der Waals surface area contributed by atoms with Crippen molar-refractivity contribution >= 4 is 11.7 Å². The van der Waals surface area contributed by atoms with Crippen molar-refractivity contribution < 1.29 is 19.0 Å². The summed E-state index contributed by atoms with van der Waals surface area (Å²) in [6.45, 7) is 0. The first kappa shape index (κ1) is 14.2. The fourth-order valence-corrected chi connectivity index (χ4v) is 2.75. The predicted octanol–water partition coefficient (Wildman–Crippen LogP) is 1.91. The molecule has 0 aliphatic carbocycles. The van der Waals surface area contributed by atoms with Gasteiger partial charge in [-0.15, -0.1) is 0 Å². The Balaban J connectivity index is 2.11. The molecule has 7 heteroatoms. The number of amides is 1. The highest BCUT2D eigenvalue weighted by Crippen LogP contribution is 2.43. The van der Waals surface area contributed by atoms with Crippen LogP contribution in [0.4, 0.5) is 5.82 Å². The number of methoxy groups -OCH3 is 3. The molecule has 0 radical (unpaired) electrons. The lowest BCUT2D eigenvalue weighted by molar-refractivity contribution is -0.116. The van der Waals surface area contributed by atoms with Gasteiger partial charge in [-0.3, -0.25) is 9.89 Å². The quantitative estimate of drug-likeness (QED) is 0.901. The number of hydrogen-bond acceptors (Lipinski definition) is 5. The number of nitrogens with zero attached hydrogens (tertiary/aromatic N) is 1. The van der Waals surface area contributed by atoms with Gasteiger partial charge in [0.15, 0.2) is 11.5 Å². The van der Waals surface area contributed by atoms with Gasteiger partial charge in [-0.25, -0.2) is 0 Å². The molecule has 22 heavy (non-hydrogen) atoms. The molecule has 0 spiro atoms. The first-order valence-corrected chi connectivity index (χ1v) is 6.81. The van der Waals surface area contributed by atoms with Crippen molar-refractivity contribution in [3.63, 3.8) is 0 Å². The Labute approximate surface area is 127 Å². The fourth-order valence-electron chi connectivity index (χ4n) is 2.75. The molecule has 0 saturated heterocycles. The SMILES string of the molecule is COc1cc([C@@H]2CC(=O)Nc3[nH]ncc32)cc(OC)c1OC. The monoisotopic (exact) mass is 303 g/mol. The van der Waals surface area contributed by atoms with Crippen molar-refractivity contribution in [1.82, 2.24) is 10.2 Å². The smallest absolute Gasteiger partial charge is 0.226 e. The van der Waals surface area contributed by atoms with Crippen LogP contribution in [0.3, 0.4) is 0 Å². The number of benzene rings is 1. The predicted molar refractivity (Wildman–Crippen MR) is 79.8 cm³/mol. The topological polar surface area (TPSA) is 85.5 Å². The number of ether oxygens (including phenoxy) is 3. The minimum atomic E-state index is -0.115. The summed E-state index contributed by atoms with van der Waals surface area (Å²) >= 11 is 0. The number of rotatable bonds is 4. The maximum atomic E-state index is 11.9. The summed E-state index contributed by atoms with van der Waals surface area (Å²) in [4.78, 5) is 11.9. The van der Waals surface area contributed by atoms with Crippen LogP contribution in [0.15, 0.2) is 18.3 Å². The van der Waals surface area contributed by atoms with Gasteiger partial charge in [0.25, 0.3) is 0 Å². The Bertz CT molecular complexity index is 686. The summed E-state index contributed by atoms with van der Waals surface area (Å²) in [5, 5.41) is 9.58. The molecule has 1 aliphatic rings. The molecule has 7 nitrogen and oxygen atoms in total. The number of carbonyl (C=O) groups is 1. The molecule has 116 valence electrons. The van der Waals surface area contributed by atoms with E-state index in [0.717, 1.165) is 11.1 Å². The Kier molecular flexibility index (Phi) is 3.62. The van der Waals surface area contributed by atoms with E-state index in [1.165, 1.54) is 0 Å². The molecule has 1 atom stereocenters. The number of nitrogens with one attached hydrogen (secondary N) is 2. The molecular formula is C15H17N3O4. The van der Waals surface area contributed by atoms with Crippen molar-refractivity contribution in [3.05, 3.63) is 29.5 Å². The zero-order valence-electron chi connectivity index (χ0n) is 12.6. The largest absolute Gasteiger partial charge is 0.493 e. The number of hydrogen-bond donors (Lipinski definition) is 2. The van der Waals surface area contributed by atoms with Crippen LogP contribution in [0.25, 0.3) is 0 Å². The third-order valence-corrected chi connectivity index (χ3v) is 3.79. The maximum absolute atomic E-state index is 11.9. The van der Waals surface area contributed by atoms with E-state index >= 15 is 0 Å². The van der Waals surface area contributed by atoms with E-state index in [0.29, 0.717) is 29.5 Å². The molecule has 2 aromatic rings. The van der Waals surface area contributed by atoms with Crippen LogP contribution >= 0.6 is 0 Å². The maximum Gasteiger partial charge on any atom is 0.226 e. The zero-order chi connectivity index (χ0) is 15.7. The third kappa shape index (κ3) is 2.24. The van der Waals surface area contributed by atoms with Gasteiger partial charge in [-0.1, -0.05) is 0 Å². The summed E-state index contributed by atoms with van der Waals surface area (Å²) in [6.07, 6.45) is 2.06. The summed E-state index contributed by atoms with van der Waals surface area (Å²) < 4.78 is 16.1. The molecule has 1 aliphatic heterocycles. The van der Waals surface area contributed by atoms with Gasteiger partial charge in [-0.2, -0.15) is 5.10 Å². The molecule has 3 rings (SSSR count). The van der Waals surface area contributed by atoms with E-state index in [-0.39, 0.29) is 11.8 Å². The number of anilines is 1. The number of H-pyrrole nitrogens is 1. The van der Waals surface area contributed by atoms with Crippen molar-refractivity contribution in [3.8, 4) is 17.2 Å². The highest BCUT2D eigenvalue weighted by molar-refractivity contribution is 5.94. The van der Waals surface area contributed by atoms with Crippen LogP contribution in [-0.2, 0) is 4.79 Å². The third-order valence-electron chi connectivity index (χ3n) is 3.79. The summed E-state index contributed by atoms with van der Waals surface area (Å²) in [5.41, 5.74) is 1.85. The van der Waals surface area contributed by atoms with E-state index in [4.69, 9.17) is 14.2 Å².